The third-order valence-electron chi connectivity index (χ3n) is 4.26. The van der Waals surface area contributed by atoms with Crippen molar-refractivity contribution in [1.29, 1.82) is 0 Å². The Bertz CT molecular complexity index is 581. The van der Waals surface area contributed by atoms with Gasteiger partial charge in [0.25, 0.3) is 0 Å². The molecule has 1 aliphatic rings. The maximum atomic E-state index is 12.0. The fourth-order valence-corrected chi connectivity index (χ4v) is 2.98. The summed E-state index contributed by atoms with van der Waals surface area (Å²) >= 11 is 6.09. The molecule has 3 N–H and O–H groups in total. The lowest BCUT2D eigenvalue weighted by atomic mass is 9.94. The van der Waals surface area contributed by atoms with Crippen molar-refractivity contribution in [3.05, 3.63) is 28.8 Å². The van der Waals surface area contributed by atoms with E-state index in [-0.39, 0.29) is 6.54 Å². The number of nitrogens with one attached hydrogen (secondary N) is 2. The topological polar surface area (TPSA) is 78.4 Å². The van der Waals surface area contributed by atoms with Crippen molar-refractivity contribution in [1.82, 2.24) is 5.32 Å². The van der Waals surface area contributed by atoms with Crippen LogP contribution >= 0.6 is 11.6 Å². The minimum Gasteiger partial charge on any atom is -0.388 e. The number of carbonyl (C=O) groups is 2. The molecule has 126 valence electrons. The van der Waals surface area contributed by atoms with Gasteiger partial charge in [0.2, 0.25) is 0 Å². The summed E-state index contributed by atoms with van der Waals surface area (Å²) in [6, 6.07) is 5.21. The predicted octanol–water partition coefficient (Wildman–Crippen LogP) is 2.79. The van der Waals surface area contributed by atoms with Crippen molar-refractivity contribution in [3.63, 3.8) is 0 Å². The number of carbonyl (C=O) groups excluding carboxylic acids is 2. The molecule has 6 heteroatoms. The highest BCUT2D eigenvalue weighted by molar-refractivity contribution is 6.41. The highest BCUT2D eigenvalue weighted by Gasteiger charge is 2.29. The van der Waals surface area contributed by atoms with Crippen LogP contribution in [0.25, 0.3) is 0 Å². The van der Waals surface area contributed by atoms with E-state index >= 15 is 0 Å². The standard InChI is InChI=1S/C17H23ClN2O3/c1-12-7-6-8-13(14(12)18)20-16(22)15(21)19-11-17(23)9-4-2-3-5-10-17/h6-8,23H,2-5,9-11H2,1H3,(H,19,21)(H,20,22). The molecule has 2 amide bonds. The average Bonchev–Trinajstić information content (AvgIpc) is 2.74. The Balaban J connectivity index is 1.90. The minimum absolute atomic E-state index is 0.0980. The third-order valence-corrected chi connectivity index (χ3v) is 4.76. The van der Waals surface area contributed by atoms with Crippen LogP contribution in [0.3, 0.4) is 0 Å². The third kappa shape index (κ3) is 4.94. The molecule has 0 radical (unpaired) electrons. The number of benzene rings is 1. The average molecular weight is 339 g/mol. The lowest BCUT2D eigenvalue weighted by Gasteiger charge is -2.26. The highest BCUT2D eigenvalue weighted by atomic mass is 35.5. The first-order chi connectivity index (χ1) is 10.9. The van der Waals surface area contributed by atoms with Crippen molar-refractivity contribution >= 4 is 29.1 Å². The van der Waals surface area contributed by atoms with E-state index in [9.17, 15) is 14.7 Å². The minimum atomic E-state index is -0.909. The van der Waals surface area contributed by atoms with Crippen LogP contribution in [0, 0.1) is 6.92 Å². The van der Waals surface area contributed by atoms with E-state index in [0.29, 0.717) is 23.6 Å². The van der Waals surface area contributed by atoms with Crippen LogP contribution in [0.5, 0.6) is 0 Å². The maximum Gasteiger partial charge on any atom is 0.313 e. The lowest BCUT2D eigenvalue weighted by molar-refractivity contribution is -0.136. The van der Waals surface area contributed by atoms with E-state index < -0.39 is 17.4 Å². The van der Waals surface area contributed by atoms with E-state index in [1.165, 1.54) is 0 Å². The van der Waals surface area contributed by atoms with Gasteiger partial charge in [0, 0.05) is 6.54 Å². The van der Waals surface area contributed by atoms with E-state index in [0.717, 1.165) is 31.2 Å². The molecule has 0 unspecified atom stereocenters. The normalized spacial score (nSPS) is 17.2. The Morgan fingerprint density at radius 2 is 1.83 bits per heavy atom. The molecule has 23 heavy (non-hydrogen) atoms. The second kappa shape index (κ2) is 7.79. The van der Waals surface area contributed by atoms with Gasteiger partial charge >= 0.3 is 11.8 Å². The van der Waals surface area contributed by atoms with Crippen LogP contribution in [0.2, 0.25) is 5.02 Å². The summed E-state index contributed by atoms with van der Waals surface area (Å²) in [5, 5.41) is 15.9. The van der Waals surface area contributed by atoms with E-state index in [1.54, 1.807) is 12.1 Å². The molecule has 1 fully saturated rings. The van der Waals surface area contributed by atoms with Crippen LogP contribution in [0.4, 0.5) is 5.69 Å². The summed E-state index contributed by atoms with van der Waals surface area (Å²) in [4.78, 5) is 23.9. The Labute approximate surface area is 141 Å². The summed E-state index contributed by atoms with van der Waals surface area (Å²) in [6.45, 7) is 1.92. The fourth-order valence-electron chi connectivity index (χ4n) is 2.81. The molecule has 1 aromatic rings. The Morgan fingerprint density at radius 3 is 2.48 bits per heavy atom. The molecular formula is C17H23ClN2O3. The predicted molar refractivity (Wildman–Crippen MR) is 90.5 cm³/mol. The first-order valence-corrected chi connectivity index (χ1v) is 8.36. The Hall–Kier alpha value is -1.59. The summed E-state index contributed by atoms with van der Waals surface area (Å²) in [5.41, 5.74) is 0.311. The monoisotopic (exact) mass is 338 g/mol. The number of rotatable bonds is 3. The van der Waals surface area contributed by atoms with Crippen molar-refractivity contribution in [2.75, 3.05) is 11.9 Å². The number of aryl methyl sites for hydroxylation is 1. The molecule has 0 aromatic heterocycles. The number of hydrogen-bond acceptors (Lipinski definition) is 3. The van der Waals surface area contributed by atoms with Crippen LogP contribution in [0.1, 0.15) is 44.1 Å². The number of aliphatic hydroxyl groups is 1. The van der Waals surface area contributed by atoms with Crippen molar-refractivity contribution in [3.8, 4) is 0 Å². The van der Waals surface area contributed by atoms with Crippen LogP contribution in [0.15, 0.2) is 18.2 Å². The van der Waals surface area contributed by atoms with Crippen molar-refractivity contribution in [2.45, 2.75) is 51.0 Å². The van der Waals surface area contributed by atoms with Gasteiger partial charge < -0.3 is 15.7 Å². The molecule has 1 saturated carbocycles. The zero-order valence-electron chi connectivity index (χ0n) is 13.3. The van der Waals surface area contributed by atoms with Gasteiger partial charge in [0.05, 0.1) is 16.3 Å². The van der Waals surface area contributed by atoms with Gasteiger partial charge in [-0.2, -0.15) is 0 Å². The lowest BCUT2D eigenvalue weighted by Crippen LogP contribution is -2.46. The highest BCUT2D eigenvalue weighted by Crippen LogP contribution is 2.27. The van der Waals surface area contributed by atoms with Crippen LogP contribution in [-0.4, -0.2) is 29.1 Å². The first-order valence-electron chi connectivity index (χ1n) is 7.98. The summed E-state index contributed by atoms with van der Waals surface area (Å²) < 4.78 is 0. The fraction of sp³-hybridized carbons (Fsp3) is 0.529. The first kappa shape index (κ1) is 17.8. The van der Waals surface area contributed by atoms with Crippen LogP contribution < -0.4 is 10.6 Å². The summed E-state index contributed by atoms with van der Waals surface area (Å²) in [5.74, 6) is -1.55. The second-order valence-electron chi connectivity index (χ2n) is 6.21. The summed E-state index contributed by atoms with van der Waals surface area (Å²) in [6.07, 6.45) is 5.39. The zero-order valence-corrected chi connectivity index (χ0v) is 14.1. The molecule has 1 aromatic carbocycles. The van der Waals surface area contributed by atoms with E-state index in [2.05, 4.69) is 10.6 Å². The largest absolute Gasteiger partial charge is 0.388 e. The molecule has 0 heterocycles. The Morgan fingerprint density at radius 1 is 1.17 bits per heavy atom. The quantitative estimate of drug-likeness (QED) is 0.585. The van der Waals surface area contributed by atoms with Gasteiger partial charge in [0.1, 0.15) is 0 Å². The number of amides is 2. The summed E-state index contributed by atoms with van der Waals surface area (Å²) in [7, 11) is 0. The van der Waals surface area contributed by atoms with Crippen LogP contribution in [-0.2, 0) is 9.59 Å². The molecule has 0 bridgehead atoms. The molecule has 1 aliphatic carbocycles. The zero-order chi connectivity index (χ0) is 16.9. The number of hydrogen-bond donors (Lipinski definition) is 3. The smallest absolute Gasteiger partial charge is 0.313 e. The molecule has 5 nitrogen and oxygen atoms in total. The van der Waals surface area contributed by atoms with Gasteiger partial charge in [-0.15, -0.1) is 0 Å². The SMILES string of the molecule is Cc1cccc(NC(=O)C(=O)NCC2(O)CCCCCC2)c1Cl. The number of anilines is 1. The molecule has 0 saturated heterocycles. The van der Waals surface area contributed by atoms with Gasteiger partial charge in [0.15, 0.2) is 0 Å². The van der Waals surface area contributed by atoms with Gasteiger partial charge in [-0.1, -0.05) is 49.4 Å². The number of halogens is 1. The van der Waals surface area contributed by atoms with E-state index in [4.69, 9.17) is 11.6 Å². The Kier molecular flexibility index (Phi) is 6.02. The molecule has 0 aliphatic heterocycles. The molecule has 0 spiro atoms. The van der Waals surface area contributed by atoms with Crippen molar-refractivity contribution < 1.29 is 14.7 Å². The van der Waals surface area contributed by atoms with Gasteiger partial charge in [-0.05, 0) is 31.4 Å². The van der Waals surface area contributed by atoms with Gasteiger partial charge in [-0.25, -0.2) is 0 Å². The maximum absolute atomic E-state index is 12.0. The van der Waals surface area contributed by atoms with Crippen molar-refractivity contribution in [2.24, 2.45) is 0 Å². The van der Waals surface area contributed by atoms with Gasteiger partial charge in [-0.3, -0.25) is 9.59 Å². The molecule has 2 rings (SSSR count). The second-order valence-corrected chi connectivity index (χ2v) is 6.59. The van der Waals surface area contributed by atoms with E-state index in [1.807, 2.05) is 13.0 Å². The molecular weight excluding hydrogens is 316 g/mol. The molecule has 0 atom stereocenters.